The number of morpholine rings is 1. The van der Waals surface area contributed by atoms with Gasteiger partial charge in [-0.3, -0.25) is 0 Å². The molecular weight excluding hydrogens is 242 g/mol. The average molecular weight is 256 g/mol. The van der Waals surface area contributed by atoms with E-state index in [-0.39, 0.29) is 12.4 Å². The normalized spacial score (nSPS) is 20.6. The van der Waals surface area contributed by atoms with E-state index in [9.17, 15) is 0 Å². The number of hydrogen-bond acceptors (Lipinski definition) is 3. The van der Waals surface area contributed by atoms with Gasteiger partial charge in [0.1, 0.15) is 0 Å². The minimum Gasteiger partial charge on any atom is -0.378 e. The Morgan fingerprint density at radius 2 is 2.19 bits per heavy atom. The molecule has 16 heavy (non-hydrogen) atoms. The molecule has 1 aliphatic rings. The van der Waals surface area contributed by atoms with Gasteiger partial charge in [-0.2, -0.15) is 0 Å². The summed E-state index contributed by atoms with van der Waals surface area (Å²) in [6, 6.07) is 8.93. The number of halogens is 1. The van der Waals surface area contributed by atoms with Crippen LogP contribution in [0.2, 0.25) is 0 Å². The highest BCUT2D eigenvalue weighted by Crippen LogP contribution is 2.30. The Bertz CT molecular complexity index is 465. The number of nitrogens with one attached hydrogen (secondary N) is 1. The summed E-state index contributed by atoms with van der Waals surface area (Å²) in [5.74, 6) is 0. The molecule has 1 N–H and O–H groups in total. The van der Waals surface area contributed by atoms with Crippen molar-refractivity contribution >= 4 is 33.8 Å². The zero-order valence-corrected chi connectivity index (χ0v) is 10.4. The summed E-state index contributed by atoms with van der Waals surface area (Å²) in [6.07, 6.45) is 0. The van der Waals surface area contributed by atoms with Crippen LogP contribution in [0.5, 0.6) is 0 Å². The smallest absolute Gasteiger partial charge is 0.0662 e. The van der Waals surface area contributed by atoms with Crippen LogP contribution in [-0.4, -0.2) is 19.8 Å². The van der Waals surface area contributed by atoms with Crippen LogP contribution in [-0.2, 0) is 4.74 Å². The summed E-state index contributed by atoms with van der Waals surface area (Å²) < 4.78 is 6.86. The first-order chi connectivity index (χ1) is 7.45. The summed E-state index contributed by atoms with van der Waals surface area (Å²) >= 11 is 1.81. The van der Waals surface area contributed by atoms with Gasteiger partial charge in [0.2, 0.25) is 0 Å². The van der Waals surface area contributed by atoms with E-state index in [0.717, 1.165) is 19.8 Å². The molecule has 0 saturated carbocycles. The molecule has 0 bridgehead atoms. The van der Waals surface area contributed by atoms with Crippen molar-refractivity contribution in [3.05, 3.63) is 35.2 Å². The van der Waals surface area contributed by atoms with Gasteiger partial charge < -0.3 is 10.1 Å². The first-order valence-corrected chi connectivity index (χ1v) is 6.10. The van der Waals surface area contributed by atoms with Gasteiger partial charge in [-0.25, -0.2) is 0 Å². The Kier molecular flexibility index (Phi) is 3.82. The van der Waals surface area contributed by atoms with Crippen LogP contribution >= 0.6 is 23.7 Å². The minimum absolute atomic E-state index is 0. The van der Waals surface area contributed by atoms with E-state index >= 15 is 0 Å². The molecule has 1 saturated heterocycles. The Morgan fingerprint density at radius 1 is 1.31 bits per heavy atom. The molecule has 2 aromatic rings. The third-order valence-corrected chi connectivity index (χ3v) is 3.79. The van der Waals surface area contributed by atoms with Crippen molar-refractivity contribution in [2.45, 2.75) is 6.04 Å². The van der Waals surface area contributed by atoms with Gasteiger partial charge in [0.25, 0.3) is 0 Å². The fourth-order valence-corrected chi connectivity index (χ4v) is 3.05. The molecule has 1 atom stereocenters. The van der Waals surface area contributed by atoms with Crippen molar-refractivity contribution in [2.75, 3.05) is 19.8 Å². The van der Waals surface area contributed by atoms with Crippen molar-refractivity contribution in [1.29, 1.82) is 0 Å². The monoisotopic (exact) mass is 255 g/mol. The summed E-state index contributed by atoms with van der Waals surface area (Å²) in [5.41, 5.74) is 1.38. The lowest BCUT2D eigenvalue weighted by atomic mass is 10.1. The van der Waals surface area contributed by atoms with Crippen molar-refractivity contribution in [2.24, 2.45) is 0 Å². The number of hydrogen-bond donors (Lipinski definition) is 1. The lowest BCUT2D eigenvalue weighted by molar-refractivity contribution is 0.0774. The number of benzene rings is 1. The van der Waals surface area contributed by atoms with Gasteiger partial charge >= 0.3 is 0 Å². The molecule has 0 unspecified atom stereocenters. The van der Waals surface area contributed by atoms with E-state index < -0.39 is 0 Å². The summed E-state index contributed by atoms with van der Waals surface area (Å²) in [7, 11) is 0. The summed E-state index contributed by atoms with van der Waals surface area (Å²) in [5, 5.41) is 7.11. The zero-order chi connectivity index (χ0) is 10.1. The standard InChI is InChI=1S/C12H13NOS.ClH/c1-2-4-12-9(3-1)10(8-15-12)11-7-14-6-5-13-11;/h1-4,8,11,13H,5-7H2;1H/t11-;/m0./s1. The van der Waals surface area contributed by atoms with Gasteiger partial charge in [0, 0.05) is 11.2 Å². The molecule has 1 aromatic heterocycles. The van der Waals surface area contributed by atoms with Gasteiger partial charge in [-0.1, -0.05) is 18.2 Å². The zero-order valence-electron chi connectivity index (χ0n) is 8.81. The van der Waals surface area contributed by atoms with Crippen molar-refractivity contribution in [3.63, 3.8) is 0 Å². The minimum atomic E-state index is 0. The van der Waals surface area contributed by atoms with E-state index in [0.29, 0.717) is 6.04 Å². The van der Waals surface area contributed by atoms with Gasteiger partial charge in [0.15, 0.2) is 0 Å². The van der Waals surface area contributed by atoms with Gasteiger partial charge in [0.05, 0.1) is 19.3 Å². The lowest BCUT2D eigenvalue weighted by Crippen LogP contribution is -2.34. The Balaban J connectivity index is 0.000000963. The van der Waals surface area contributed by atoms with E-state index in [1.54, 1.807) is 0 Å². The highest BCUT2D eigenvalue weighted by atomic mass is 35.5. The molecule has 1 aliphatic heterocycles. The molecule has 1 fully saturated rings. The molecule has 0 spiro atoms. The molecule has 4 heteroatoms. The Morgan fingerprint density at radius 3 is 3.00 bits per heavy atom. The van der Waals surface area contributed by atoms with Crippen LogP contribution in [0.4, 0.5) is 0 Å². The summed E-state index contributed by atoms with van der Waals surface area (Å²) in [4.78, 5) is 0. The second-order valence-electron chi connectivity index (χ2n) is 3.77. The molecule has 0 amide bonds. The van der Waals surface area contributed by atoms with Gasteiger partial charge in [-0.15, -0.1) is 23.7 Å². The lowest BCUT2D eigenvalue weighted by Gasteiger charge is -2.23. The quantitative estimate of drug-likeness (QED) is 0.846. The molecule has 1 aromatic carbocycles. The number of thiophene rings is 1. The summed E-state index contributed by atoms with van der Waals surface area (Å²) in [6.45, 7) is 2.58. The van der Waals surface area contributed by atoms with Crippen LogP contribution in [0, 0.1) is 0 Å². The highest BCUT2D eigenvalue weighted by Gasteiger charge is 2.18. The fourth-order valence-electron chi connectivity index (χ4n) is 2.03. The number of fused-ring (bicyclic) bond motifs is 1. The molecule has 0 aliphatic carbocycles. The van der Waals surface area contributed by atoms with Crippen LogP contribution in [0.25, 0.3) is 10.1 Å². The number of ether oxygens (including phenoxy) is 1. The van der Waals surface area contributed by atoms with Crippen LogP contribution in [0.3, 0.4) is 0 Å². The molecule has 2 heterocycles. The first-order valence-electron chi connectivity index (χ1n) is 5.22. The second kappa shape index (κ2) is 5.15. The molecule has 0 radical (unpaired) electrons. The maximum Gasteiger partial charge on any atom is 0.0662 e. The van der Waals surface area contributed by atoms with Gasteiger partial charge in [-0.05, 0) is 22.4 Å². The third kappa shape index (κ3) is 2.09. The van der Waals surface area contributed by atoms with Crippen molar-refractivity contribution in [3.8, 4) is 0 Å². The Hall–Kier alpha value is -0.610. The second-order valence-corrected chi connectivity index (χ2v) is 4.68. The predicted molar refractivity (Wildman–Crippen MR) is 70.6 cm³/mol. The van der Waals surface area contributed by atoms with E-state index in [2.05, 4.69) is 35.0 Å². The SMILES string of the molecule is Cl.c1ccc2c([C@@H]3COCCN3)csc2c1. The molecule has 86 valence electrons. The molecular formula is C12H14ClNOS. The van der Waals surface area contributed by atoms with Crippen LogP contribution in [0.1, 0.15) is 11.6 Å². The van der Waals surface area contributed by atoms with E-state index in [1.165, 1.54) is 15.6 Å². The first kappa shape index (κ1) is 11.9. The van der Waals surface area contributed by atoms with Crippen LogP contribution in [0.15, 0.2) is 29.6 Å². The third-order valence-electron chi connectivity index (χ3n) is 2.81. The maximum atomic E-state index is 5.50. The fraction of sp³-hybridized carbons (Fsp3) is 0.333. The molecule has 2 nitrogen and oxygen atoms in total. The van der Waals surface area contributed by atoms with Crippen molar-refractivity contribution < 1.29 is 4.74 Å². The Labute approximate surface area is 105 Å². The van der Waals surface area contributed by atoms with Crippen molar-refractivity contribution in [1.82, 2.24) is 5.32 Å². The van der Waals surface area contributed by atoms with E-state index in [4.69, 9.17) is 4.74 Å². The largest absolute Gasteiger partial charge is 0.378 e. The average Bonchev–Trinajstić information content (AvgIpc) is 2.74. The van der Waals surface area contributed by atoms with E-state index in [1.807, 2.05) is 11.3 Å². The highest BCUT2D eigenvalue weighted by molar-refractivity contribution is 7.17. The maximum absolute atomic E-state index is 5.50. The molecule has 3 rings (SSSR count). The predicted octanol–water partition coefficient (Wildman–Crippen LogP) is 2.98. The number of rotatable bonds is 1. The van der Waals surface area contributed by atoms with Crippen LogP contribution < -0.4 is 5.32 Å². The topological polar surface area (TPSA) is 21.3 Å².